The molecule has 0 bridgehead atoms. The van der Waals surface area contributed by atoms with Crippen molar-refractivity contribution in [1.29, 1.82) is 0 Å². The van der Waals surface area contributed by atoms with Crippen molar-refractivity contribution in [3.8, 4) is 0 Å². The summed E-state index contributed by atoms with van der Waals surface area (Å²) in [6.07, 6.45) is 17.7. The van der Waals surface area contributed by atoms with E-state index in [1.165, 1.54) is 16.7 Å². The average molecular weight is 883 g/mol. The van der Waals surface area contributed by atoms with Crippen molar-refractivity contribution >= 4 is 0 Å². The van der Waals surface area contributed by atoms with E-state index in [0.717, 1.165) is 63.4 Å². The van der Waals surface area contributed by atoms with Gasteiger partial charge in [0.1, 0.15) is 24.4 Å². The van der Waals surface area contributed by atoms with Gasteiger partial charge in [-0.15, -0.1) is 0 Å². The highest BCUT2D eigenvalue weighted by molar-refractivity contribution is 5.06. The second-order valence-electron chi connectivity index (χ2n) is 20.8. The van der Waals surface area contributed by atoms with Crippen LogP contribution in [0.4, 0.5) is 0 Å². The third-order valence-corrected chi connectivity index (χ3v) is 12.8. The van der Waals surface area contributed by atoms with Crippen LogP contribution in [0.5, 0.6) is 0 Å². The summed E-state index contributed by atoms with van der Waals surface area (Å²) in [7, 11) is 0. The first-order chi connectivity index (χ1) is 28.7. The molecular formula is C51H94O11. The fourth-order valence-electron chi connectivity index (χ4n) is 8.33. The molecule has 11 nitrogen and oxygen atoms in total. The van der Waals surface area contributed by atoms with Crippen molar-refractivity contribution in [2.45, 2.75) is 263 Å². The lowest BCUT2D eigenvalue weighted by molar-refractivity contribution is -0.298. The van der Waals surface area contributed by atoms with Crippen molar-refractivity contribution < 1.29 is 55.4 Å². The highest BCUT2D eigenvalue weighted by atomic mass is 16.7. The molecule has 62 heavy (non-hydrogen) atoms. The molecular weight excluding hydrogens is 789 g/mol. The van der Waals surface area contributed by atoms with E-state index >= 15 is 0 Å². The maximum absolute atomic E-state index is 11.1. The maximum atomic E-state index is 11.1. The molecule has 1 heterocycles. The van der Waals surface area contributed by atoms with E-state index in [-0.39, 0.29) is 6.61 Å². The molecule has 1 rings (SSSR count). The Bertz CT molecular complexity index is 1350. The molecule has 0 saturated carbocycles. The number of aliphatic hydroxyl groups excluding tert-OH is 4. The molecule has 0 aromatic heterocycles. The Balaban J connectivity index is 2.28. The molecule has 0 amide bonds. The highest BCUT2D eigenvalue weighted by Crippen LogP contribution is 2.31. The van der Waals surface area contributed by atoms with Crippen molar-refractivity contribution in [3.05, 3.63) is 46.6 Å². The summed E-state index contributed by atoms with van der Waals surface area (Å²) in [6, 6.07) is 0. The lowest BCUT2D eigenvalue weighted by atomic mass is 9.84. The number of hydrogen-bond donors (Lipinski definition) is 9. The topological polar surface area (TPSA) is 201 Å². The minimum absolute atomic E-state index is 0.173. The summed E-state index contributed by atoms with van der Waals surface area (Å²) in [5.74, 6) is 0. The van der Waals surface area contributed by atoms with Crippen LogP contribution in [-0.2, 0) is 9.47 Å². The normalized spacial score (nSPS) is 25.3. The van der Waals surface area contributed by atoms with Crippen molar-refractivity contribution in [2.24, 2.45) is 0 Å². The zero-order chi connectivity index (χ0) is 47.2. The van der Waals surface area contributed by atoms with Crippen molar-refractivity contribution in [1.82, 2.24) is 0 Å². The Morgan fingerprint density at radius 3 is 1.24 bits per heavy atom. The molecule has 0 aromatic rings. The molecule has 1 aliphatic heterocycles. The third kappa shape index (κ3) is 27.1. The monoisotopic (exact) mass is 883 g/mol. The van der Waals surface area contributed by atoms with Gasteiger partial charge >= 0.3 is 0 Å². The molecule has 0 aromatic carbocycles. The molecule has 1 fully saturated rings. The van der Waals surface area contributed by atoms with Crippen LogP contribution in [0.1, 0.15) is 204 Å². The Morgan fingerprint density at radius 2 is 0.839 bits per heavy atom. The quantitative estimate of drug-likeness (QED) is 0.0286. The van der Waals surface area contributed by atoms with E-state index in [4.69, 9.17) is 9.47 Å². The average Bonchev–Trinajstić information content (AvgIpc) is 3.13. The van der Waals surface area contributed by atoms with E-state index < -0.39 is 65.3 Å². The molecule has 0 spiro atoms. The molecule has 0 unspecified atom stereocenters. The summed E-state index contributed by atoms with van der Waals surface area (Å²) < 4.78 is 10.9. The minimum Gasteiger partial charge on any atom is -0.394 e. The van der Waals surface area contributed by atoms with Crippen LogP contribution in [0.3, 0.4) is 0 Å². The van der Waals surface area contributed by atoms with Gasteiger partial charge in [-0.3, -0.25) is 0 Å². The summed E-state index contributed by atoms with van der Waals surface area (Å²) in [5.41, 5.74) is 0.929. The van der Waals surface area contributed by atoms with E-state index in [1.807, 2.05) is 47.6 Å². The first-order valence-electron chi connectivity index (χ1n) is 23.8. The predicted octanol–water partition coefficient (Wildman–Crippen LogP) is 8.56. The van der Waals surface area contributed by atoms with Gasteiger partial charge in [0.05, 0.1) is 41.2 Å². The minimum atomic E-state index is -1.45. The molecule has 9 N–H and O–H groups in total. The summed E-state index contributed by atoms with van der Waals surface area (Å²) in [4.78, 5) is 0. The SMILES string of the molecule is CC(C)=CCC[C@](C)(O)CCC[C@](C)(O)CCC[C@](C)(O)CCC[C@@](C)(O)CCC[C@](C)(O)CCC/C(C)=C/CC/C(C)=C/CC/C(C)=C/CO[C@H]1O[C@H](CO)[C@@H](O)[C@H](O)[C@@H]1O. The van der Waals surface area contributed by atoms with Gasteiger partial charge in [-0.25, -0.2) is 0 Å². The van der Waals surface area contributed by atoms with Gasteiger partial charge in [-0.1, -0.05) is 46.6 Å². The number of hydrogen-bond acceptors (Lipinski definition) is 11. The summed E-state index contributed by atoms with van der Waals surface area (Å²) in [5, 5.41) is 94.1. The molecule has 364 valence electrons. The maximum Gasteiger partial charge on any atom is 0.187 e. The first kappa shape index (κ1) is 58.5. The highest BCUT2D eigenvalue weighted by Gasteiger charge is 2.44. The van der Waals surface area contributed by atoms with Crippen LogP contribution in [0.25, 0.3) is 0 Å². The Morgan fingerprint density at radius 1 is 0.468 bits per heavy atom. The molecule has 0 radical (unpaired) electrons. The fourth-order valence-corrected chi connectivity index (χ4v) is 8.33. The Kier molecular flexibility index (Phi) is 26.9. The number of aliphatic hydroxyl groups is 9. The lowest BCUT2D eigenvalue weighted by Crippen LogP contribution is -2.59. The van der Waals surface area contributed by atoms with Gasteiger partial charge in [0, 0.05) is 0 Å². The summed E-state index contributed by atoms with van der Waals surface area (Å²) in [6.45, 7) is 19.4. The van der Waals surface area contributed by atoms with Crippen LogP contribution in [-0.4, -0.2) is 118 Å². The zero-order valence-corrected chi connectivity index (χ0v) is 40.8. The van der Waals surface area contributed by atoms with Crippen LogP contribution >= 0.6 is 0 Å². The van der Waals surface area contributed by atoms with E-state index in [1.54, 1.807) is 0 Å². The largest absolute Gasteiger partial charge is 0.394 e. The molecule has 10 atom stereocenters. The van der Waals surface area contributed by atoms with Crippen LogP contribution in [0, 0.1) is 0 Å². The van der Waals surface area contributed by atoms with E-state index in [9.17, 15) is 46.0 Å². The van der Waals surface area contributed by atoms with Crippen molar-refractivity contribution in [3.63, 3.8) is 0 Å². The van der Waals surface area contributed by atoms with Gasteiger partial charge < -0.3 is 55.4 Å². The van der Waals surface area contributed by atoms with Gasteiger partial charge in [-0.2, -0.15) is 0 Å². The van der Waals surface area contributed by atoms with Crippen LogP contribution in [0.15, 0.2) is 46.6 Å². The standard InChI is InChI=1S/C51H94O11/c1-38(2)19-13-26-47(6,56)28-15-30-49(8,58)32-17-34-51(10,60)35-18-33-50(9,59)31-16-29-48(7,57)27-14-24-40(4)22-11-20-39(3)21-12-23-41(5)25-36-61-46-45(55)44(54)43(53)42(37-52)62-46/h19,21-22,25,42-46,52-60H,11-18,20,23-24,26-37H2,1-10H3/b39-21+,40-22+,41-25+/t42-,43-,44+,45+,46+,47+,48-,49+,50+,51+/m1/s1. The Hall–Kier alpha value is -1.48. The third-order valence-electron chi connectivity index (χ3n) is 12.8. The van der Waals surface area contributed by atoms with Crippen molar-refractivity contribution in [2.75, 3.05) is 13.2 Å². The van der Waals surface area contributed by atoms with Crippen LogP contribution in [0.2, 0.25) is 0 Å². The van der Waals surface area contributed by atoms with Gasteiger partial charge in [0.2, 0.25) is 0 Å². The molecule has 1 saturated heterocycles. The lowest BCUT2D eigenvalue weighted by Gasteiger charge is -2.39. The summed E-state index contributed by atoms with van der Waals surface area (Å²) >= 11 is 0. The van der Waals surface area contributed by atoms with Crippen LogP contribution < -0.4 is 0 Å². The van der Waals surface area contributed by atoms with E-state index in [0.29, 0.717) is 77.0 Å². The van der Waals surface area contributed by atoms with Gasteiger partial charge in [0.25, 0.3) is 0 Å². The molecule has 1 aliphatic rings. The smallest absolute Gasteiger partial charge is 0.187 e. The Labute approximate surface area is 377 Å². The second-order valence-corrected chi connectivity index (χ2v) is 20.8. The zero-order valence-electron chi connectivity index (χ0n) is 40.8. The fraction of sp³-hybridized carbons (Fsp3) is 0.843. The van der Waals surface area contributed by atoms with E-state index in [2.05, 4.69) is 45.9 Å². The number of ether oxygens (including phenoxy) is 2. The van der Waals surface area contributed by atoms with Gasteiger partial charge in [-0.05, 0) is 204 Å². The van der Waals surface area contributed by atoms with Gasteiger partial charge in [0.15, 0.2) is 6.29 Å². The predicted molar refractivity (Wildman–Crippen MR) is 250 cm³/mol. The molecule has 0 aliphatic carbocycles. The molecule has 11 heteroatoms. The second kappa shape index (κ2) is 28.5. The number of allylic oxidation sites excluding steroid dienone is 7. The number of rotatable bonds is 33. The first-order valence-corrected chi connectivity index (χ1v) is 23.8.